The Bertz CT molecular complexity index is 305. The summed E-state index contributed by atoms with van der Waals surface area (Å²) in [5, 5.41) is 0. The van der Waals surface area contributed by atoms with Crippen molar-refractivity contribution < 1.29 is 0 Å². The molecule has 1 aromatic rings. The Morgan fingerprint density at radius 2 is 2.28 bits per heavy atom. The summed E-state index contributed by atoms with van der Waals surface area (Å²) in [7, 11) is 2.16. The van der Waals surface area contributed by atoms with Gasteiger partial charge in [0.1, 0.15) is 0 Å². The summed E-state index contributed by atoms with van der Waals surface area (Å²) in [5.74, 6) is 2.39. The molecule has 0 saturated carbocycles. The second-order valence-electron chi connectivity index (χ2n) is 4.43. The van der Waals surface area contributed by atoms with E-state index >= 15 is 0 Å². The van der Waals surface area contributed by atoms with Crippen molar-refractivity contribution in [3.63, 3.8) is 0 Å². The molecule has 2 N–H and O–H groups in total. The Morgan fingerprint density at radius 3 is 2.89 bits per heavy atom. The molecule has 3 nitrogen and oxygen atoms in total. The van der Waals surface area contributed by atoms with Gasteiger partial charge in [-0.25, -0.2) is 0 Å². The largest absolute Gasteiger partial charge is 0.329 e. The van der Waals surface area contributed by atoms with Gasteiger partial charge in [-0.3, -0.25) is 4.98 Å². The van der Waals surface area contributed by atoms with Crippen LogP contribution in [-0.4, -0.2) is 47.6 Å². The van der Waals surface area contributed by atoms with Gasteiger partial charge in [-0.2, -0.15) is 11.8 Å². The van der Waals surface area contributed by atoms with E-state index in [1.165, 1.54) is 17.9 Å². The van der Waals surface area contributed by atoms with Gasteiger partial charge in [-0.1, -0.05) is 13.0 Å². The molecule has 18 heavy (non-hydrogen) atoms. The summed E-state index contributed by atoms with van der Waals surface area (Å²) in [6, 6.07) is 6.57. The van der Waals surface area contributed by atoms with Gasteiger partial charge in [0.25, 0.3) is 0 Å². The fraction of sp³-hybridized carbons (Fsp3) is 0.643. The number of thioether (sulfide) groups is 1. The van der Waals surface area contributed by atoms with Crippen LogP contribution in [-0.2, 0) is 6.42 Å². The molecule has 1 aromatic heterocycles. The molecule has 1 rings (SSSR count). The SMILES string of the molecule is CCSCCC(CN)N(C)CCc1ccccn1. The van der Waals surface area contributed by atoms with Crippen LogP contribution in [0, 0.1) is 0 Å². The van der Waals surface area contributed by atoms with Crippen LogP contribution in [0.2, 0.25) is 0 Å². The zero-order valence-corrected chi connectivity index (χ0v) is 12.3. The van der Waals surface area contributed by atoms with E-state index in [0.717, 1.165) is 25.2 Å². The standard InChI is InChI=1S/C14H25N3S/c1-3-18-11-8-14(12-15)17(2)10-7-13-6-4-5-9-16-13/h4-6,9,14H,3,7-8,10-12,15H2,1-2H3. The topological polar surface area (TPSA) is 42.1 Å². The first-order chi connectivity index (χ1) is 8.77. The average Bonchev–Trinajstić information content (AvgIpc) is 2.42. The predicted molar refractivity (Wildman–Crippen MR) is 81.0 cm³/mol. The third kappa shape index (κ3) is 5.85. The normalized spacial score (nSPS) is 12.9. The molecule has 0 aliphatic heterocycles. The van der Waals surface area contributed by atoms with Crippen LogP contribution in [0.4, 0.5) is 0 Å². The molecule has 0 amide bonds. The Morgan fingerprint density at radius 1 is 1.44 bits per heavy atom. The molecule has 0 bridgehead atoms. The van der Waals surface area contributed by atoms with E-state index in [1.807, 2.05) is 30.1 Å². The van der Waals surface area contributed by atoms with Crippen LogP contribution < -0.4 is 5.73 Å². The Balaban J connectivity index is 2.30. The van der Waals surface area contributed by atoms with Crippen molar-refractivity contribution in [1.29, 1.82) is 0 Å². The van der Waals surface area contributed by atoms with E-state index in [2.05, 4.69) is 29.9 Å². The average molecular weight is 267 g/mol. The van der Waals surface area contributed by atoms with Gasteiger partial charge in [-0.15, -0.1) is 0 Å². The predicted octanol–water partition coefficient (Wildman–Crippen LogP) is 2.03. The molecule has 0 aliphatic carbocycles. The molecule has 0 saturated heterocycles. The monoisotopic (exact) mass is 267 g/mol. The van der Waals surface area contributed by atoms with Gasteiger partial charge < -0.3 is 10.6 Å². The van der Waals surface area contributed by atoms with Crippen molar-refractivity contribution >= 4 is 11.8 Å². The summed E-state index contributed by atoms with van der Waals surface area (Å²) < 4.78 is 0. The van der Waals surface area contributed by atoms with Gasteiger partial charge in [0.05, 0.1) is 0 Å². The Labute approximate surface area is 115 Å². The molecule has 102 valence electrons. The van der Waals surface area contributed by atoms with Crippen LogP contribution in [0.1, 0.15) is 19.0 Å². The molecular formula is C14H25N3S. The lowest BCUT2D eigenvalue weighted by Gasteiger charge is -2.26. The smallest absolute Gasteiger partial charge is 0.0416 e. The summed E-state index contributed by atoms with van der Waals surface area (Å²) in [6.45, 7) is 3.96. The van der Waals surface area contributed by atoms with Gasteiger partial charge in [0, 0.05) is 37.4 Å². The van der Waals surface area contributed by atoms with Crippen molar-refractivity contribution in [3.8, 4) is 0 Å². The van der Waals surface area contributed by atoms with Gasteiger partial charge in [-0.05, 0) is 37.1 Å². The highest BCUT2D eigenvalue weighted by Gasteiger charge is 2.12. The fourth-order valence-corrected chi connectivity index (χ4v) is 2.63. The second kappa shape index (κ2) is 9.36. The van der Waals surface area contributed by atoms with Gasteiger partial charge in [0.15, 0.2) is 0 Å². The van der Waals surface area contributed by atoms with Crippen LogP contribution in [0.5, 0.6) is 0 Å². The molecule has 0 spiro atoms. The molecule has 4 heteroatoms. The maximum absolute atomic E-state index is 5.86. The quantitative estimate of drug-likeness (QED) is 0.695. The minimum absolute atomic E-state index is 0.493. The number of rotatable bonds is 9. The molecule has 0 aliphatic rings. The van der Waals surface area contributed by atoms with Crippen molar-refractivity contribution in [2.45, 2.75) is 25.8 Å². The number of likely N-dealkylation sites (N-methyl/N-ethyl adjacent to an activating group) is 1. The van der Waals surface area contributed by atoms with Gasteiger partial charge >= 0.3 is 0 Å². The molecular weight excluding hydrogens is 242 g/mol. The van der Waals surface area contributed by atoms with Gasteiger partial charge in [0.2, 0.25) is 0 Å². The molecule has 1 heterocycles. The van der Waals surface area contributed by atoms with Crippen LogP contribution >= 0.6 is 11.8 Å². The van der Waals surface area contributed by atoms with E-state index in [4.69, 9.17) is 5.73 Å². The second-order valence-corrected chi connectivity index (χ2v) is 5.82. The third-order valence-corrected chi connectivity index (χ3v) is 4.07. The van der Waals surface area contributed by atoms with E-state index in [9.17, 15) is 0 Å². The van der Waals surface area contributed by atoms with E-state index in [1.54, 1.807) is 0 Å². The molecule has 1 atom stereocenters. The zero-order chi connectivity index (χ0) is 13.2. The first kappa shape index (κ1) is 15.5. The van der Waals surface area contributed by atoms with Crippen molar-refractivity contribution in [1.82, 2.24) is 9.88 Å². The summed E-state index contributed by atoms with van der Waals surface area (Å²) in [4.78, 5) is 6.72. The van der Waals surface area contributed by atoms with Crippen molar-refractivity contribution in [3.05, 3.63) is 30.1 Å². The minimum Gasteiger partial charge on any atom is -0.329 e. The number of aromatic nitrogens is 1. The highest BCUT2D eigenvalue weighted by Crippen LogP contribution is 2.08. The minimum atomic E-state index is 0.493. The maximum atomic E-state index is 5.86. The molecule has 0 fully saturated rings. The Kier molecular flexibility index (Phi) is 8.05. The molecule has 0 radical (unpaired) electrons. The lowest BCUT2D eigenvalue weighted by molar-refractivity contribution is 0.244. The van der Waals surface area contributed by atoms with Crippen molar-refractivity contribution in [2.75, 3.05) is 31.6 Å². The van der Waals surface area contributed by atoms with Crippen LogP contribution in [0.15, 0.2) is 24.4 Å². The van der Waals surface area contributed by atoms with Crippen LogP contribution in [0.3, 0.4) is 0 Å². The lowest BCUT2D eigenvalue weighted by atomic mass is 10.2. The van der Waals surface area contributed by atoms with E-state index in [-0.39, 0.29) is 0 Å². The lowest BCUT2D eigenvalue weighted by Crippen LogP contribution is -2.39. The zero-order valence-electron chi connectivity index (χ0n) is 11.5. The highest BCUT2D eigenvalue weighted by atomic mass is 32.2. The summed E-state index contributed by atoms with van der Waals surface area (Å²) in [5.41, 5.74) is 7.01. The molecule has 0 aromatic carbocycles. The highest BCUT2D eigenvalue weighted by molar-refractivity contribution is 7.99. The van der Waals surface area contributed by atoms with E-state index < -0.39 is 0 Å². The van der Waals surface area contributed by atoms with E-state index in [0.29, 0.717) is 6.04 Å². The number of pyridine rings is 1. The number of nitrogens with zero attached hydrogens (tertiary/aromatic N) is 2. The fourth-order valence-electron chi connectivity index (χ4n) is 1.90. The Hall–Kier alpha value is -0.580. The summed E-state index contributed by atoms with van der Waals surface area (Å²) >= 11 is 1.99. The van der Waals surface area contributed by atoms with Crippen LogP contribution in [0.25, 0.3) is 0 Å². The molecule has 1 unspecified atom stereocenters. The number of hydrogen-bond acceptors (Lipinski definition) is 4. The summed E-state index contributed by atoms with van der Waals surface area (Å²) in [6.07, 6.45) is 4.02. The maximum Gasteiger partial charge on any atom is 0.0416 e. The first-order valence-electron chi connectivity index (χ1n) is 6.65. The third-order valence-electron chi connectivity index (χ3n) is 3.14. The first-order valence-corrected chi connectivity index (χ1v) is 7.81. The number of nitrogens with two attached hydrogens (primary N) is 1. The van der Waals surface area contributed by atoms with Crippen molar-refractivity contribution in [2.24, 2.45) is 5.73 Å². The number of hydrogen-bond donors (Lipinski definition) is 1.